The number of nitrogens with one attached hydrogen (secondary N) is 1. The van der Waals surface area contributed by atoms with Crippen molar-refractivity contribution in [1.82, 2.24) is 20.3 Å². The van der Waals surface area contributed by atoms with Crippen molar-refractivity contribution in [3.05, 3.63) is 40.9 Å². The van der Waals surface area contributed by atoms with E-state index in [1.807, 2.05) is 6.07 Å². The van der Waals surface area contributed by atoms with Crippen molar-refractivity contribution < 1.29 is 4.74 Å². The quantitative estimate of drug-likeness (QED) is 0.794. The molecule has 1 aliphatic rings. The Balaban J connectivity index is 0.00000144. The first kappa shape index (κ1) is 20.9. The molecule has 0 saturated carbocycles. The van der Waals surface area contributed by atoms with Gasteiger partial charge in [-0.15, -0.1) is 24.8 Å². The summed E-state index contributed by atoms with van der Waals surface area (Å²) < 4.78 is 6.66. The van der Waals surface area contributed by atoms with Crippen LogP contribution in [0.1, 0.15) is 12.5 Å². The molecule has 0 radical (unpaired) electrons. The Bertz CT molecular complexity index is 632. The van der Waals surface area contributed by atoms with Crippen LogP contribution in [0.3, 0.4) is 0 Å². The fourth-order valence-corrected chi connectivity index (χ4v) is 2.72. The molecular weight excluding hydrogens is 417 g/mol. The van der Waals surface area contributed by atoms with E-state index in [0.29, 0.717) is 18.4 Å². The number of anilines is 1. The highest BCUT2D eigenvalue weighted by atomic mass is 79.9. The van der Waals surface area contributed by atoms with Crippen LogP contribution < -0.4 is 15.0 Å². The van der Waals surface area contributed by atoms with E-state index in [0.717, 1.165) is 35.6 Å². The molecule has 0 aromatic carbocycles. The lowest BCUT2D eigenvalue weighted by Gasteiger charge is -2.33. The van der Waals surface area contributed by atoms with E-state index < -0.39 is 0 Å². The largest absolute Gasteiger partial charge is 0.486 e. The van der Waals surface area contributed by atoms with Gasteiger partial charge in [-0.1, -0.05) is 0 Å². The number of aromatic nitrogens is 3. The first-order valence-corrected chi connectivity index (χ1v) is 8.04. The van der Waals surface area contributed by atoms with E-state index >= 15 is 0 Å². The van der Waals surface area contributed by atoms with Gasteiger partial charge >= 0.3 is 0 Å². The number of halogens is 3. The maximum atomic E-state index is 5.73. The number of rotatable bonds is 4. The molecule has 1 atom stereocenters. The normalized spacial score (nSPS) is 16.8. The summed E-state index contributed by atoms with van der Waals surface area (Å²) in [6.07, 6.45) is 6.96. The SMILES string of the molecule is CC1CNCCN1c1ncc(OCc2ccncc2Br)cn1.Cl.Cl. The lowest BCUT2D eigenvalue weighted by Crippen LogP contribution is -2.50. The molecule has 0 spiro atoms. The number of hydrogen-bond donors (Lipinski definition) is 1. The van der Waals surface area contributed by atoms with Gasteiger partial charge in [-0.3, -0.25) is 4.98 Å². The van der Waals surface area contributed by atoms with E-state index in [1.165, 1.54) is 0 Å². The van der Waals surface area contributed by atoms with E-state index in [4.69, 9.17) is 4.74 Å². The maximum absolute atomic E-state index is 5.73. The zero-order valence-corrected chi connectivity index (χ0v) is 16.4. The molecular formula is C15H20BrCl2N5O. The van der Waals surface area contributed by atoms with Crippen LogP contribution in [0.2, 0.25) is 0 Å². The van der Waals surface area contributed by atoms with Crippen LogP contribution in [-0.4, -0.2) is 40.6 Å². The van der Waals surface area contributed by atoms with Gasteiger partial charge in [0.1, 0.15) is 6.61 Å². The lowest BCUT2D eigenvalue weighted by atomic mass is 10.2. The molecule has 24 heavy (non-hydrogen) atoms. The molecule has 9 heteroatoms. The van der Waals surface area contributed by atoms with Crippen LogP contribution in [0.4, 0.5) is 5.95 Å². The Morgan fingerprint density at radius 3 is 2.71 bits per heavy atom. The Morgan fingerprint density at radius 1 is 1.29 bits per heavy atom. The van der Waals surface area contributed by atoms with Crippen LogP contribution in [0.15, 0.2) is 35.3 Å². The molecule has 3 heterocycles. The Hall–Kier alpha value is -1.15. The molecule has 0 aliphatic carbocycles. The van der Waals surface area contributed by atoms with Crippen LogP contribution >= 0.6 is 40.7 Å². The minimum atomic E-state index is 0. The molecule has 1 unspecified atom stereocenters. The van der Waals surface area contributed by atoms with Crippen molar-refractivity contribution in [2.45, 2.75) is 19.6 Å². The monoisotopic (exact) mass is 435 g/mol. The van der Waals surface area contributed by atoms with Gasteiger partial charge in [0.15, 0.2) is 5.75 Å². The van der Waals surface area contributed by atoms with Crippen LogP contribution in [0.25, 0.3) is 0 Å². The fraction of sp³-hybridized carbons (Fsp3) is 0.400. The Labute approximate surface area is 162 Å². The van der Waals surface area contributed by atoms with Gasteiger partial charge in [-0.05, 0) is 28.9 Å². The average molecular weight is 437 g/mol. The van der Waals surface area contributed by atoms with Gasteiger partial charge in [0.25, 0.3) is 0 Å². The average Bonchev–Trinajstić information content (AvgIpc) is 2.55. The van der Waals surface area contributed by atoms with Crippen molar-refractivity contribution in [2.75, 3.05) is 24.5 Å². The van der Waals surface area contributed by atoms with Crippen LogP contribution in [0.5, 0.6) is 5.75 Å². The highest BCUT2D eigenvalue weighted by Crippen LogP contribution is 2.19. The van der Waals surface area contributed by atoms with Gasteiger partial charge in [-0.2, -0.15) is 0 Å². The van der Waals surface area contributed by atoms with Crippen molar-refractivity contribution in [3.8, 4) is 5.75 Å². The molecule has 0 bridgehead atoms. The summed E-state index contributed by atoms with van der Waals surface area (Å²) in [6.45, 7) is 5.46. The number of ether oxygens (including phenoxy) is 1. The second kappa shape index (κ2) is 9.98. The second-order valence-corrected chi connectivity index (χ2v) is 6.08. The minimum absolute atomic E-state index is 0. The van der Waals surface area contributed by atoms with Gasteiger partial charge in [0.2, 0.25) is 5.95 Å². The summed E-state index contributed by atoms with van der Waals surface area (Å²) in [4.78, 5) is 15.1. The molecule has 6 nitrogen and oxygen atoms in total. The minimum Gasteiger partial charge on any atom is -0.486 e. The van der Waals surface area contributed by atoms with Crippen molar-refractivity contribution in [1.29, 1.82) is 0 Å². The first-order chi connectivity index (χ1) is 10.7. The summed E-state index contributed by atoms with van der Waals surface area (Å²) in [5, 5.41) is 3.36. The third-order valence-corrected chi connectivity index (χ3v) is 4.34. The van der Waals surface area contributed by atoms with E-state index in [2.05, 4.69) is 48.0 Å². The highest BCUT2D eigenvalue weighted by Gasteiger charge is 2.20. The van der Waals surface area contributed by atoms with E-state index in [1.54, 1.807) is 24.8 Å². The zero-order valence-electron chi connectivity index (χ0n) is 13.2. The van der Waals surface area contributed by atoms with Crippen molar-refractivity contribution in [2.24, 2.45) is 0 Å². The van der Waals surface area contributed by atoms with Gasteiger partial charge in [-0.25, -0.2) is 9.97 Å². The maximum Gasteiger partial charge on any atom is 0.225 e. The molecule has 3 rings (SSSR count). The topological polar surface area (TPSA) is 63.2 Å². The third kappa shape index (κ3) is 5.17. The van der Waals surface area contributed by atoms with Gasteiger partial charge in [0.05, 0.1) is 12.4 Å². The molecule has 132 valence electrons. The molecule has 1 fully saturated rings. The molecule has 1 aliphatic heterocycles. The summed E-state index contributed by atoms with van der Waals surface area (Å²) in [5.41, 5.74) is 1.04. The van der Waals surface area contributed by atoms with Crippen LogP contribution in [0, 0.1) is 0 Å². The molecule has 1 saturated heterocycles. The molecule has 1 N–H and O–H groups in total. The van der Waals surface area contributed by atoms with E-state index in [-0.39, 0.29) is 24.8 Å². The van der Waals surface area contributed by atoms with Gasteiger partial charge < -0.3 is 15.0 Å². The molecule has 0 amide bonds. The van der Waals surface area contributed by atoms with E-state index in [9.17, 15) is 0 Å². The number of hydrogen-bond acceptors (Lipinski definition) is 6. The second-order valence-electron chi connectivity index (χ2n) is 5.22. The van der Waals surface area contributed by atoms with Crippen molar-refractivity contribution in [3.63, 3.8) is 0 Å². The standard InChI is InChI=1S/C15H18BrN5O.2ClH/c1-11-6-18-4-5-21(11)15-19-7-13(8-20-15)22-10-12-2-3-17-9-14(12)16;;/h2-3,7-9,11,18H,4-6,10H2,1H3;2*1H. The summed E-state index contributed by atoms with van der Waals surface area (Å²) in [7, 11) is 0. The number of pyridine rings is 1. The first-order valence-electron chi connectivity index (χ1n) is 7.24. The van der Waals surface area contributed by atoms with Crippen LogP contribution in [-0.2, 0) is 6.61 Å². The van der Waals surface area contributed by atoms with Gasteiger partial charge in [0, 0.05) is 48.1 Å². The summed E-state index contributed by atoms with van der Waals surface area (Å²) in [6, 6.07) is 2.31. The number of piperazine rings is 1. The lowest BCUT2D eigenvalue weighted by molar-refractivity contribution is 0.302. The fourth-order valence-electron chi connectivity index (χ4n) is 2.35. The molecule has 2 aromatic heterocycles. The Morgan fingerprint density at radius 2 is 2.04 bits per heavy atom. The molecule has 2 aromatic rings. The predicted octanol–water partition coefficient (Wildman–Crippen LogP) is 2.85. The summed E-state index contributed by atoms with van der Waals surface area (Å²) in [5.74, 6) is 1.42. The summed E-state index contributed by atoms with van der Waals surface area (Å²) >= 11 is 3.45. The predicted molar refractivity (Wildman–Crippen MR) is 102 cm³/mol. The highest BCUT2D eigenvalue weighted by molar-refractivity contribution is 9.10. The zero-order chi connectivity index (χ0) is 15.4. The number of nitrogens with zero attached hydrogens (tertiary/aromatic N) is 4. The van der Waals surface area contributed by atoms with Crippen molar-refractivity contribution >= 4 is 46.7 Å². The Kier molecular flexibility index (Phi) is 8.69. The smallest absolute Gasteiger partial charge is 0.225 e. The third-order valence-electron chi connectivity index (χ3n) is 3.62.